The minimum absolute atomic E-state index is 0.0152. The summed E-state index contributed by atoms with van der Waals surface area (Å²) < 4.78 is 63.5. The molecule has 1 aromatic carbocycles. The highest BCUT2D eigenvalue weighted by molar-refractivity contribution is 6.18. The van der Waals surface area contributed by atoms with E-state index in [0.717, 1.165) is 5.69 Å². The number of halogens is 8. The lowest BCUT2D eigenvalue weighted by Gasteiger charge is -2.23. The molecule has 0 aliphatic carbocycles. The lowest BCUT2D eigenvalue weighted by atomic mass is 10.1. The van der Waals surface area contributed by atoms with Gasteiger partial charge in [0.1, 0.15) is 6.04 Å². The second-order valence-electron chi connectivity index (χ2n) is 6.56. The molecule has 18 heteroatoms. The fourth-order valence-electron chi connectivity index (χ4n) is 2.09. The summed E-state index contributed by atoms with van der Waals surface area (Å²) in [5.74, 6) is -6.08. The number of nitrogens with two attached hydrogens (primary N) is 1. The van der Waals surface area contributed by atoms with Gasteiger partial charge in [0.25, 0.3) is 0 Å². The third-order valence-electron chi connectivity index (χ3n) is 3.74. The molecule has 10 nitrogen and oxygen atoms in total. The van der Waals surface area contributed by atoms with E-state index in [1.165, 1.54) is 0 Å². The van der Waals surface area contributed by atoms with Gasteiger partial charge in [-0.25, -0.2) is 14.4 Å². The maximum Gasteiger partial charge on any atom is 0.490 e. The Labute approximate surface area is 215 Å². The molecule has 0 aromatic heterocycles. The van der Waals surface area contributed by atoms with Crippen LogP contribution in [0.3, 0.4) is 0 Å². The van der Waals surface area contributed by atoms with E-state index in [-0.39, 0.29) is 12.8 Å². The van der Waals surface area contributed by atoms with Crippen molar-refractivity contribution in [2.24, 2.45) is 5.73 Å². The van der Waals surface area contributed by atoms with Crippen LogP contribution in [0.2, 0.25) is 0 Å². The molecule has 1 atom stereocenters. The molecule has 0 aliphatic rings. The van der Waals surface area contributed by atoms with Crippen molar-refractivity contribution in [2.45, 2.75) is 31.2 Å². The standard InChI is InChI=1S/C15H21Cl2N3O3.2C2HF3O2/c16-7-9-20(10-8-17)12-3-1-11(2-4-12)19-13(15(22)23)5-6-14(18)21;2*3-2(4,5)1(6)7/h1-4,13,19H,5-10H2,(H2,18,21)(H,22,23);2*(H,6,7). The first-order valence-corrected chi connectivity index (χ1v) is 10.8. The predicted molar refractivity (Wildman–Crippen MR) is 121 cm³/mol. The van der Waals surface area contributed by atoms with E-state index in [2.05, 4.69) is 5.32 Å². The van der Waals surface area contributed by atoms with Gasteiger partial charge < -0.3 is 31.3 Å². The summed E-state index contributed by atoms with van der Waals surface area (Å²) in [6.45, 7) is 1.36. The molecule has 0 spiro atoms. The summed E-state index contributed by atoms with van der Waals surface area (Å²) in [6.07, 6.45) is -10.0. The molecule has 0 radical (unpaired) electrons. The van der Waals surface area contributed by atoms with Crippen LogP contribution in [0, 0.1) is 0 Å². The predicted octanol–water partition coefficient (Wildman–Crippen LogP) is 3.37. The molecule has 6 N–H and O–H groups in total. The number of anilines is 2. The highest BCUT2D eigenvalue weighted by atomic mass is 35.5. The Kier molecular flexibility index (Phi) is 16.9. The van der Waals surface area contributed by atoms with Crippen molar-refractivity contribution in [3.63, 3.8) is 0 Å². The zero-order valence-electron chi connectivity index (χ0n) is 18.7. The van der Waals surface area contributed by atoms with Crippen LogP contribution in [-0.4, -0.2) is 82.4 Å². The van der Waals surface area contributed by atoms with Crippen molar-refractivity contribution in [3.8, 4) is 0 Å². The highest BCUT2D eigenvalue weighted by Crippen LogP contribution is 2.19. The molecule has 1 rings (SSSR count). The summed E-state index contributed by atoms with van der Waals surface area (Å²) in [4.78, 5) is 41.8. The number of nitrogens with zero attached hydrogens (tertiary/aromatic N) is 1. The fourth-order valence-corrected chi connectivity index (χ4v) is 2.50. The van der Waals surface area contributed by atoms with Gasteiger partial charge in [0, 0.05) is 42.6 Å². The summed E-state index contributed by atoms with van der Waals surface area (Å²) in [7, 11) is 0. The number of carbonyl (C=O) groups is 4. The van der Waals surface area contributed by atoms with E-state index in [1.54, 1.807) is 12.1 Å². The SMILES string of the molecule is NC(=O)CCC(Nc1ccc(N(CCCl)CCCl)cc1)C(=O)O.O=C(O)C(F)(F)F.O=C(O)C(F)(F)F. The number of primary amides is 1. The Hall–Kier alpha value is -3.14. The summed E-state index contributed by atoms with van der Waals surface area (Å²) >= 11 is 11.6. The second-order valence-corrected chi connectivity index (χ2v) is 7.31. The average Bonchev–Trinajstić information content (AvgIpc) is 2.76. The lowest BCUT2D eigenvalue weighted by Crippen LogP contribution is -2.31. The van der Waals surface area contributed by atoms with E-state index in [1.807, 2.05) is 17.0 Å². The molecular formula is C19H23Cl2F6N3O7. The topological polar surface area (TPSA) is 170 Å². The van der Waals surface area contributed by atoms with Gasteiger partial charge in [-0.2, -0.15) is 26.3 Å². The number of amides is 1. The van der Waals surface area contributed by atoms with Gasteiger partial charge >= 0.3 is 30.3 Å². The summed E-state index contributed by atoms with van der Waals surface area (Å²) in [5, 5.41) is 26.3. The zero-order chi connectivity index (χ0) is 29.4. The molecule has 0 saturated heterocycles. The number of aliphatic carboxylic acids is 3. The molecule has 0 saturated carbocycles. The molecule has 0 fully saturated rings. The van der Waals surface area contributed by atoms with Crippen molar-refractivity contribution in [3.05, 3.63) is 24.3 Å². The van der Waals surface area contributed by atoms with Crippen molar-refractivity contribution in [2.75, 3.05) is 35.1 Å². The van der Waals surface area contributed by atoms with E-state index in [9.17, 15) is 41.0 Å². The smallest absolute Gasteiger partial charge is 0.480 e. The minimum Gasteiger partial charge on any atom is -0.480 e. The number of hydrogen-bond donors (Lipinski definition) is 5. The van der Waals surface area contributed by atoms with Gasteiger partial charge in [0.15, 0.2) is 0 Å². The second kappa shape index (κ2) is 17.3. The first-order chi connectivity index (χ1) is 16.9. The Balaban J connectivity index is 0. The zero-order valence-corrected chi connectivity index (χ0v) is 20.2. The Morgan fingerprint density at radius 2 is 1.24 bits per heavy atom. The number of carbonyl (C=O) groups excluding carboxylic acids is 1. The van der Waals surface area contributed by atoms with Crippen LogP contribution in [0.1, 0.15) is 12.8 Å². The molecule has 1 unspecified atom stereocenters. The number of benzene rings is 1. The van der Waals surface area contributed by atoms with Crippen LogP contribution < -0.4 is 16.0 Å². The minimum atomic E-state index is -5.08. The van der Waals surface area contributed by atoms with Crippen LogP contribution in [0.25, 0.3) is 0 Å². The van der Waals surface area contributed by atoms with Crippen LogP contribution in [-0.2, 0) is 19.2 Å². The Bertz CT molecular complexity index is 841. The number of hydrogen-bond acceptors (Lipinski definition) is 6. The van der Waals surface area contributed by atoms with Crippen molar-refractivity contribution in [1.29, 1.82) is 0 Å². The molecule has 0 aliphatic heterocycles. The molecule has 0 heterocycles. The number of carboxylic acid groups (broad SMARTS) is 3. The third kappa shape index (κ3) is 17.9. The number of alkyl halides is 8. The highest BCUT2D eigenvalue weighted by Gasteiger charge is 2.38. The first-order valence-electron chi connectivity index (χ1n) is 9.71. The molecule has 1 amide bonds. The van der Waals surface area contributed by atoms with E-state index >= 15 is 0 Å². The third-order valence-corrected chi connectivity index (χ3v) is 4.08. The normalized spacial score (nSPS) is 11.6. The molecule has 1 aromatic rings. The largest absolute Gasteiger partial charge is 0.490 e. The molecule has 212 valence electrons. The monoisotopic (exact) mass is 589 g/mol. The lowest BCUT2D eigenvalue weighted by molar-refractivity contribution is -0.193. The van der Waals surface area contributed by atoms with Crippen molar-refractivity contribution < 1.29 is 60.8 Å². The number of rotatable bonds is 11. The van der Waals surface area contributed by atoms with E-state index in [4.69, 9.17) is 48.7 Å². The average molecular weight is 590 g/mol. The maximum atomic E-state index is 11.2. The van der Waals surface area contributed by atoms with Gasteiger partial charge in [-0.3, -0.25) is 4.79 Å². The van der Waals surface area contributed by atoms with Crippen molar-refractivity contribution >= 4 is 58.4 Å². The van der Waals surface area contributed by atoms with Gasteiger partial charge in [-0.05, 0) is 30.7 Å². The van der Waals surface area contributed by atoms with E-state index in [0.29, 0.717) is 30.5 Å². The van der Waals surface area contributed by atoms with E-state index < -0.39 is 42.2 Å². The van der Waals surface area contributed by atoms with Crippen LogP contribution in [0.15, 0.2) is 24.3 Å². The van der Waals surface area contributed by atoms with Crippen LogP contribution in [0.4, 0.5) is 37.7 Å². The summed E-state index contributed by atoms with van der Waals surface area (Å²) in [5.41, 5.74) is 6.67. The molecular weight excluding hydrogens is 567 g/mol. The molecule has 0 bridgehead atoms. The maximum absolute atomic E-state index is 11.2. The number of nitrogens with one attached hydrogen (secondary N) is 1. The van der Waals surface area contributed by atoms with Gasteiger partial charge in [0.2, 0.25) is 5.91 Å². The quantitative estimate of drug-likeness (QED) is 0.192. The van der Waals surface area contributed by atoms with Gasteiger partial charge in [-0.15, -0.1) is 23.2 Å². The number of carboxylic acids is 3. The Morgan fingerprint density at radius 3 is 1.51 bits per heavy atom. The summed E-state index contributed by atoms with van der Waals surface area (Å²) in [6, 6.07) is 6.44. The molecule has 37 heavy (non-hydrogen) atoms. The first kappa shape index (κ1) is 36.0. The van der Waals surface area contributed by atoms with Gasteiger partial charge in [0.05, 0.1) is 0 Å². The van der Waals surface area contributed by atoms with Crippen LogP contribution in [0.5, 0.6) is 0 Å². The fraction of sp³-hybridized carbons (Fsp3) is 0.474. The van der Waals surface area contributed by atoms with Crippen LogP contribution >= 0.6 is 23.2 Å². The van der Waals surface area contributed by atoms with Crippen molar-refractivity contribution in [1.82, 2.24) is 0 Å². The Morgan fingerprint density at radius 1 is 0.865 bits per heavy atom. The van der Waals surface area contributed by atoms with Gasteiger partial charge in [-0.1, -0.05) is 0 Å².